The van der Waals surface area contributed by atoms with Crippen LogP contribution in [0.15, 0.2) is 30.5 Å². The van der Waals surface area contributed by atoms with Gasteiger partial charge in [0.05, 0.1) is 35.1 Å². The van der Waals surface area contributed by atoms with Crippen molar-refractivity contribution in [3.8, 4) is 0 Å². The number of halogens is 3. The van der Waals surface area contributed by atoms with Crippen LogP contribution in [0.1, 0.15) is 98.6 Å². The van der Waals surface area contributed by atoms with E-state index in [4.69, 9.17) is 18.9 Å². The normalized spacial score (nSPS) is 36.2. The Morgan fingerprint density at radius 1 is 1.07 bits per heavy atom. The van der Waals surface area contributed by atoms with Crippen molar-refractivity contribution in [2.45, 2.75) is 154 Å². The quantitative estimate of drug-likeness (QED) is 0.169. The summed E-state index contributed by atoms with van der Waals surface area (Å²) in [5, 5.41) is 36.8. The number of likely N-dealkylation sites (N-methyl/N-ethyl adjacent to an activating group) is 1. The highest BCUT2D eigenvalue weighted by molar-refractivity contribution is 6.00. The molecule has 15 nitrogen and oxygen atoms in total. The number of alkyl halides is 3. The van der Waals surface area contributed by atoms with Crippen molar-refractivity contribution in [1.82, 2.24) is 25.8 Å². The zero-order chi connectivity index (χ0) is 45.8. The summed E-state index contributed by atoms with van der Waals surface area (Å²) in [6, 6.07) is 3.42. The molecule has 1 aromatic rings. The summed E-state index contributed by atoms with van der Waals surface area (Å²) in [6.07, 6.45) is -8.07. The number of aliphatic hydroxyl groups is 3. The molecule has 0 saturated carbocycles. The summed E-state index contributed by atoms with van der Waals surface area (Å²) in [6.45, 7) is 13.6. The highest BCUT2D eigenvalue weighted by Crippen LogP contribution is 2.38. The SMILES string of the molecule is CC[C@H]1OC(=O)[C@H](C)C(=O)[C@H](C)[C@@H](O[C@@H]2O[C@H](C)C[C@H](N(C)C)[C@H]2O)[C@](C)(OC)C[C@@H](C)CN(C(=O)CCCN2C=C(c3ccc(C(F)(F)F)cc3)NN2)[C@H](C)[C@@H](O)[C@]1(C)O. The maximum absolute atomic E-state index is 14.3. The van der Waals surface area contributed by atoms with Crippen LogP contribution in [0.5, 0.6) is 0 Å². The predicted molar refractivity (Wildman–Crippen MR) is 219 cm³/mol. The first kappa shape index (κ1) is 50.3. The Kier molecular flexibility index (Phi) is 16.8. The molecule has 61 heavy (non-hydrogen) atoms. The van der Waals surface area contributed by atoms with E-state index < -0.39 is 83.3 Å². The first-order chi connectivity index (χ1) is 28.4. The molecule has 0 radical (unpaired) electrons. The summed E-state index contributed by atoms with van der Waals surface area (Å²) in [4.78, 5) is 45.6. The molecule has 346 valence electrons. The lowest BCUT2D eigenvalue weighted by molar-refractivity contribution is -0.295. The highest BCUT2D eigenvalue weighted by Gasteiger charge is 2.51. The predicted octanol–water partition coefficient (Wildman–Crippen LogP) is 3.86. The van der Waals surface area contributed by atoms with Gasteiger partial charge in [-0.25, -0.2) is 0 Å². The monoisotopic (exact) mass is 871 g/mol. The van der Waals surface area contributed by atoms with Gasteiger partial charge >= 0.3 is 12.1 Å². The van der Waals surface area contributed by atoms with Crippen LogP contribution in [0.4, 0.5) is 13.2 Å². The number of rotatable bonds is 10. The lowest BCUT2D eigenvalue weighted by atomic mass is 9.78. The van der Waals surface area contributed by atoms with Crippen LogP contribution in [0, 0.1) is 17.8 Å². The number of amides is 1. The Bertz CT molecular complexity index is 1680. The van der Waals surface area contributed by atoms with Gasteiger partial charge in [0, 0.05) is 50.3 Å². The van der Waals surface area contributed by atoms with Crippen LogP contribution in [0.2, 0.25) is 0 Å². The number of methoxy groups -OCH3 is 1. The lowest BCUT2D eigenvalue weighted by Gasteiger charge is -2.47. The maximum atomic E-state index is 14.3. The Labute approximate surface area is 357 Å². The zero-order valence-corrected chi connectivity index (χ0v) is 37.4. The molecule has 0 aliphatic carbocycles. The van der Waals surface area contributed by atoms with Gasteiger partial charge in [0.25, 0.3) is 0 Å². The number of cyclic esters (lactones) is 1. The molecule has 5 N–H and O–H groups in total. The summed E-state index contributed by atoms with van der Waals surface area (Å²) in [5.74, 6) is -4.45. The van der Waals surface area contributed by atoms with Crippen LogP contribution in [-0.2, 0) is 39.5 Å². The summed E-state index contributed by atoms with van der Waals surface area (Å²) < 4.78 is 64.0. The van der Waals surface area contributed by atoms with Crippen LogP contribution in [-0.4, -0.2) is 142 Å². The molecule has 0 aromatic heterocycles. The fourth-order valence-corrected chi connectivity index (χ4v) is 8.86. The third-order valence-corrected chi connectivity index (χ3v) is 12.7. The van der Waals surface area contributed by atoms with Gasteiger partial charge in [-0.05, 0) is 92.4 Å². The molecule has 2 saturated heterocycles. The molecular formula is C43H68F3N5O10. The molecule has 3 aliphatic heterocycles. The Hall–Kier alpha value is -3.36. The van der Waals surface area contributed by atoms with Crippen molar-refractivity contribution in [1.29, 1.82) is 0 Å². The van der Waals surface area contributed by atoms with Crippen molar-refractivity contribution in [2.24, 2.45) is 17.8 Å². The number of carbonyl (C=O) groups excluding carboxylic acids is 3. The topological polar surface area (TPSA) is 183 Å². The van der Waals surface area contributed by atoms with Gasteiger partial charge in [0.15, 0.2) is 12.1 Å². The average Bonchev–Trinajstić information content (AvgIpc) is 3.68. The summed E-state index contributed by atoms with van der Waals surface area (Å²) in [5.41, 5.74) is 2.87. The molecule has 0 unspecified atom stereocenters. The molecule has 1 aromatic carbocycles. The van der Waals surface area contributed by atoms with E-state index in [9.17, 15) is 42.9 Å². The number of esters is 1. The van der Waals surface area contributed by atoms with Crippen molar-refractivity contribution < 1.29 is 61.8 Å². The van der Waals surface area contributed by atoms with E-state index in [-0.39, 0.29) is 49.8 Å². The van der Waals surface area contributed by atoms with Crippen molar-refractivity contribution >= 4 is 23.4 Å². The van der Waals surface area contributed by atoms with Crippen molar-refractivity contribution in [3.05, 3.63) is 41.6 Å². The van der Waals surface area contributed by atoms with E-state index in [0.717, 1.165) is 12.1 Å². The highest BCUT2D eigenvalue weighted by atomic mass is 19.4. The second-order valence-corrected chi connectivity index (χ2v) is 17.8. The minimum atomic E-state index is -4.46. The number of Topliss-reactive ketones (excluding diaryl/α,β-unsaturated/α-hetero) is 1. The van der Waals surface area contributed by atoms with Crippen LogP contribution >= 0.6 is 0 Å². The van der Waals surface area contributed by atoms with Gasteiger partial charge in [-0.3, -0.25) is 19.4 Å². The second kappa shape index (κ2) is 20.4. The van der Waals surface area contributed by atoms with E-state index in [1.54, 1.807) is 38.9 Å². The molecule has 18 heteroatoms. The molecule has 3 heterocycles. The van der Waals surface area contributed by atoms with E-state index in [0.29, 0.717) is 30.6 Å². The summed E-state index contributed by atoms with van der Waals surface area (Å²) >= 11 is 0. The first-order valence-corrected chi connectivity index (χ1v) is 21.2. The Balaban J connectivity index is 1.63. The molecule has 1 amide bonds. The minimum Gasteiger partial charge on any atom is -0.459 e. The van der Waals surface area contributed by atoms with Gasteiger partial charge in [-0.1, -0.05) is 32.9 Å². The minimum absolute atomic E-state index is 0.0121. The van der Waals surface area contributed by atoms with Crippen LogP contribution in [0.3, 0.4) is 0 Å². The molecular weight excluding hydrogens is 803 g/mol. The zero-order valence-electron chi connectivity index (χ0n) is 37.4. The lowest BCUT2D eigenvalue weighted by Crippen LogP contribution is -2.60. The molecule has 0 bridgehead atoms. The summed E-state index contributed by atoms with van der Waals surface area (Å²) in [7, 11) is 5.17. The Morgan fingerprint density at radius 3 is 2.28 bits per heavy atom. The Morgan fingerprint density at radius 2 is 1.70 bits per heavy atom. The van der Waals surface area contributed by atoms with Gasteiger partial charge in [0.1, 0.15) is 29.8 Å². The molecule has 13 atom stereocenters. The number of nitrogens with zero attached hydrogens (tertiary/aromatic N) is 3. The van der Waals surface area contributed by atoms with Crippen molar-refractivity contribution in [2.75, 3.05) is 34.3 Å². The number of hydrogen-bond donors (Lipinski definition) is 5. The van der Waals surface area contributed by atoms with E-state index in [2.05, 4.69) is 11.0 Å². The van der Waals surface area contributed by atoms with Gasteiger partial charge in [0.2, 0.25) is 5.91 Å². The number of aliphatic hydroxyl groups excluding tert-OH is 2. The number of carbonyl (C=O) groups is 3. The largest absolute Gasteiger partial charge is 0.459 e. The van der Waals surface area contributed by atoms with E-state index in [1.807, 2.05) is 32.8 Å². The van der Waals surface area contributed by atoms with E-state index in [1.165, 1.54) is 38.0 Å². The average molecular weight is 872 g/mol. The van der Waals surface area contributed by atoms with Crippen LogP contribution in [0.25, 0.3) is 5.70 Å². The number of hydrazine groups is 2. The smallest absolute Gasteiger partial charge is 0.416 e. The van der Waals surface area contributed by atoms with Gasteiger partial charge in [-0.2, -0.15) is 13.2 Å². The third-order valence-electron chi connectivity index (χ3n) is 12.7. The first-order valence-electron chi connectivity index (χ1n) is 21.2. The number of benzene rings is 1. The number of nitrogens with one attached hydrogen (secondary N) is 2. The standard InChI is InChI=1S/C43H68F3N5O10/c1-12-33-42(8,57)37(55)28(6)51(34(52)14-13-19-50-23-31(47-48-50)29-15-17-30(18-16-29)43(44,45)46)22-24(2)21-41(7,58-11)38(26(4)35(53)27(5)39(56)60-33)61-40-36(54)32(49(9)10)20-25(3)59-40/h15-18,23-28,32-33,36-38,40,47-48,54-55,57H,12-14,19-22H2,1-11H3/t24-,25-,26+,27-,28-,32+,33-,36-,37-,38-,40+,41-,42-/m1/s1. The molecule has 3 aliphatic rings. The fourth-order valence-electron chi connectivity index (χ4n) is 8.86. The van der Waals surface area contributed by atoms with Gasteiger partial charge in [-0.15, -0.1) is 5.53 Å². The second-order valence-electron chi connectivity index (χ2n) is 17.8. The van der Waals surface area contributed by atoms with E-state index >= 15 is 0 Å². The molecule has 0 spiro atoms. The maximum Gasteiger partial charge on any atom is 0.416 e. The van der Waals surface area contributed by atoms with Crippen molar-refractivity contribution in [3.63, 3.8) is 0 Å². The molecule has 4 rings (SSSR count). The molecule has 2 fully saturated rings. The third kappa shape index (κ3) is 11.8. The number of hydrogen-bond acceptors (Lipinski definition) is 14. The van der Waals surface area contributed by atoms with Gasteiger partial charge < -0.3 is 49.5 Å². The number of ether oxygens (including phenoxy) is 4. The number of ketones is 1. The van der Waals surface area contributed by atoms with Crippen LogP contribution < -0.4 is 11.0 Å². The fraction of sp³-hybridized carbons (Fsp3) is 0.744.